The van der Waals surface area contributed by atoms with Gasteiger partial charge in [0.15, 0.2) is 0 Å². The standard InChI is InChI=1S/C38H31NO2/c1-26-24-31-33(27-16-8-4-9-17-27)34(28-18-10-5-11-19-28)35(29-20-12-6-13-21-29)36(30-22-14-7-15-23-30)37(31)32(25-26)41-38(40)39(2)3/h4-25H,1-3H3. The molecule has 0 spiro atoms. The zero-order valence-electron chi connectivity index (χ0n) is 23.5. The highest BCUT2D eigenvalue weighted by Crippen LogP contribution is 2.53. The van der Waals surface area contributed by atoms with E-state index in [0.29, 0.717) is 5.75 Å². The molecule has 0 aliphatic carbocycles. The van der Waals surface area contributed by atoms with E-state index in [9.17, 15) is 4.79 Å². The van der Waals surface area contributed by atoms with Gasteiger partial charge in [-0.1, -0.05) is 127 Å². The maximum atomic E-state index is 13.0. The van der Waals surface area contributed by atoms with Crippen molar-refractivity contribution < 1.29 is 9.53 Å². The molecule has 0 atom stereocenters. The van der Waals surface area contributed by atoms with Crippen LogP contribution < -0.4 is 4.74 Å². The summed E-state index contributed by atoms with van der Waals surface area (Å²) < 4.78 is 6.15. The first kappa shape index (κ1) is 26.1. The fraction of sp³-hybridized carbons (Fsp3) is 0.0789. The third kappa shape index (κ3) is 4.99. The number of benzene rings is 6. The van der Waals surface area contributed by atoms with Gasteiger partial charge in [0, 0.05) is 25.0 Å². The van der Waals surface area contributed by atoms with E-state index in [-0.39, 0.29) is 0 Å². The van der Waals surface area contributed by atoms with Crippen LogP contribution in [-0.4, -0.2) is 25.1 Å². The minimum absolute atomic E-state index is 0.412. The zero-order chi connectivity index (χ0) is 28.3. The van der Waals surface area contributed by atoms with Crippen LogP contribution in [0, 0.1) is 6.92 Å². The van der Waals surface area contributed by atoms with Gasteiger partial charge in [0.1, 0.15) is 5.75 Å². The van der Waals surface area contributed by atoms with Crippen molar-refractivity contribution in [3.05, 3.63) is 139 Å². The summed E-state index contributed by atoms with van der Waals surface area (Å²) >= 11 is 0. The number of aryl methyl sites for hydroxylation is 1. The van der Waals surface area contributed by atoms with Crippen molar-refractivity contribution in [1.82, 2.24) is 4.90 Å². The van der Waals surface area contributed by atoms with Crippen LogP contribution in [0.3, 0.4) is 0 Å². The largest absolute Gasteiger partial charge is 0.414 e. The molecule has 0 aromatic heterocycles. The molecule has 6 aromatic rings. The second-order valence-corrected chi connectivity index (χ2v) is 10.4. The van der Waals surface area contributed by atoms with Crippen LogP contribution >= 0.6 is 0 Å². The number of nitrogens with zero attached hydrogens (tertiary/aromatic N) is 1. The Hall–Kier alpha value is -5.15. The van der Waals surface area contributed by atoms with Gasteiger partial charge in [0.2, 0.25) is 0 Å². The summed E-state index contributed by atoms with van der Waals surface area (Å²) in [6, 6.07) is 46.2. The number of hydrogen-bond acceptors (Lipinski definition) is 2. The van der Waals surface area contributed by atoms with Gasteiger partial charge in [-0.15, -0.1) is 0 Å². The third-order valence-corrected chi connectivity index (χ3v) is 7.33. The molecule has 0 radical (unpaired) electrons. The number of hydrogen-bond donors (Lipinski definition) is 0. The lowest BCUT2D eigenvalue weighted by Crippen LogP contribution is -2.25. The average molecular weight is 534 g/mol. The highest BCUT2D eigenvalue weighted by Gasteiger charge is 2.26. The molecule has 0 N–H and O–H groups in total. The normalized spacial score (nSPS) is 10.9. The van der Waals surface area contributed by atoms with Crippen LogP contribution in [0.5, 0.6) is 5.75 Å². The van der Waals surface area contributed by atoms with Crippen LogP contribution in [0.25, 0.3) is 55.3 Å². The van der Waals surface area contributed by atoms with Crippen molar-refractivity contribution in [2.24, 2.45) is 0 Å². The molecule has 0 aliphatic rings. The summed E-state index contributed by atoms with van der Waals surface area (Å²) in [4.78, 5) is 14.5. The minimum Gasteiger partial charge on any atom is -0.410 e. The molecule has 6 aromatic carbocycles. The van der Waals surface area contributed by atoms with E-state index in [1.807, 2.05) is 24.3 Å². The molecule has 3 heteroatoms. The Balaban J connectivity index is 1.92. The lowest BCUT2D eigenvalue weighted by atomic mass is 9.78. The zero-order valence-corrected chi connectivity index (χ0v) is 23.5. The molecule has 3 nitrogen and oxygen atoms in total. The van der Waals surface area contributed by atoms with E-state index in [0.717, 1.165) is 60.8 Å². The van der Waals surface area contributed by atoms with Gasteiger partial charge in [-0.3, -0.25) is 0 Å². The molecular weight excluding hydrogens is 502 g/mol. The highest BCUT2D eigenvalue weighted by molar-refractivity contribution is 6.20. The Bertz CT molecular complexity index is 1830. The SMILES string of the molecule is Cc1cc(OC(=O)N(C)C)c2c(-c3ccccc3)c(-c3ccccc3)c(-c3ccccc3)c(-c3ccccc3)c2c1. The summed E-state index contributed by atoms with van der Waals surface area (Å²) in [5.41, 5.74) is 9.77. The van der Waals surface area contributed by atoms with Crippen molar-refractivity contribution in [3.8, 4) is 50.3 Å². The summed E-state index contributed by atoms with van der Waals surface area (Å²) in [6.45, 7) is 2.05. The third-order valence-electron chi connectivity index (χ3n) is 7.33. The number of carbonyl (C=O) groups is 1. The second kappa shape index (κ2) is 11.1. The molecule has 41 heavy (non-hydrogen) atoms. The van der Waals surface area contributed by atoms with E-state index < -0.39 is 6.09 Å². The number of rotatable bonds is 5. The lowest BCUT2D eigenvalue weighted by Gasteiger charge is -2.26. The first-order chi connectivity index (χ1) is 20.0. The maximum absolute atomic E-state index is 13.0. The molecule has 0 bridgehead atoms. The molecular formula is C38H31NO2. The molecule has 6 rings (SSSR count). The van der Waals surface area contributed by atoms with Crippen molar-refractivity contribution in [1.29, 1.82) is 0 Å². The van der Waals surface area contributed by atoms with E-state index in [1.165, 1.54) is 4.90 Å². The summed E-state index contributed by atoms with van der Waals surface area (Å²) in [7, 11) is 3.41. The number of carbonyl (C=O) groups excluding carboxylic acids is 1. The minimum atomic E-state index is -0.412. The maximum Gasteiger partial charge on any atom is 0.414 e. The first-order valence-corrected chi connectivity index (χ1v) is 13.8. The van der Waals surface area contributed by atoms with Gasteiger partial charge < -0.3 is 9.64 Å². The van der Waals surface area contributed by atoms with Crippen LogP contribution in [0.1, 0.15) is 5.56 Å². The molecule has 1 amide bonds. The molecule has 0 fully saturated rings. The molecule has 200 valence electrons. The average Bonchev–Trinajstić information content (AvgIpc) is 3.01. The number of amides is 1. The predicted octanol–water partition coefficient (Wildman–Crippen LogP) is 9.88. The van der Waals surface area contributed by atoms with Crippen molar-refractivity contribution in [3.63, 3.8) is 0 Å². The number of fused-ring (bicyclic) bond motifs is 1. The topological polar surface area (TPSA) is 29.5 Å². The molecule has 0 saturated carbocycles. The Kier molecular flexibility index (Phi) is 7.09. The molecule has 0 aliphatic heterocycles. The van der Waals surface area contributed by atoms with E-state index in [4.69, 9.17) is 4.74 Å². The summed E-state index contributed by atoms with van der Waals surface area (Å²) in [5.74, 6) is 0.548. The monoisotopic (exact) mass is 533 g/mol. The fourth-order valence-corrected chi connectivity index (χ4v) is 5.57. The van der Waals surface area contributed by atoms with Gasteiger partial charge in [-0.05, 0) is 62.9 Å². The number of ether oxygens (including phenoxy) is 1. The van der Waals surface area contributed by atoms with Gasteiger partial charge in [-0.25, -0.2) is 4.79 Å². The van der Waals surface area contributed by atoms with E-state index in [2.05, 4.69) is 116 Å². The van der Waals surface area contributed by atoms with Crippen LogP contribution in [-0.2, 0) is 0 Å². The summed E-state index contributed by atoms with van der Waals surface area (Å²) in [5, 5.41) is 1.95. The smallest absolute Gasteiger partial charge is 0.410 e. The summed E-state index contributed by atoms with van der Waals surface area (Å²) in [6.07, 6.45) is -0.412. The molecule has 0 unspecified atom stereocenters. The second-order valence-electron chi connectivity index (χ2n) is 10.4. The van der Waals surface area contributed by atoms with Crippen LogP contribution in [0.4, 0.5) is 4.79 Å². The Morgan fingerprint density at radius 2 is 0.927 bits per heavy atom. The lowest BCUT2D eigenvalue weighted by molar-refractivity contribution is 0.172. The van der Waals surface area contributed by atoms with Crippen molar-refractivity contribution >= 4 is 16.9 Å². The fourth-order valence-electron chi connectivity index (χ4n) is 5.57. The Morgan fingerprint density at radius 1 is 0.537 bits per heavy atom. The molecule has 0 heterocycles. The quantitative estimate of drug-likeness (QED) is 0.221. The van der Waals surface area contributed by atoms with Gasteiger partial charge in [-0.2, -0.15) is 0 Å². The van der Waals surface area contributed by atoms with Crippen molar-refractivity contribution in [2.45, 2.75) is 6.92 Å². The highest BCUT2D eigenvalue weighted by atomic mass is 16.6. The predicted molar refractivity (Wildman–Crippen MR) is 170 cm³/mol. The Labute approximate surface area is 241 Å². The van der Waals surface area contributed by atoms with Gasteiger partial charge in [0.05, 0.1) is 0 Å². The molecule has 0 saturated heterocycles. The van der Waals surface area contributed by atoms with Gasteiger partial charge in [0.25, 0.3) is 0 Å². The van der Waals surface area contributed by atoms with Gasteiger partial charge >= 0.3 is 6.09 Å². The van der Waals surface area contributed by atoms with Crippen LogP contribution in [0.2, 0.25) is 0 Å². The first-order valence-electron chi connectivity index (χ1n) is 13.8. The van der Waals surface area contributed by atoms with Crippen molar-refractivity contribution in [2.75, 3.05) is 14.1 Å². The van der Waals surface area contributed by atoms with E-state index in [1.54, 1.807) is 14.1 Å². The van der Waals surface area contributed by atoms with E-state index >= 15 is 0 Å². The van der Waals surface area contributed by atoms with Crippen LogP contribution in [0.15, 0.2) is 133 Å². The Morgan fingerprint density at radius 3 is 1.37 bits per heavy atom.